The molecule has 0 spiro atoms. The predicted octanol–water partition coefficient (Wildman–Crippen LogP) is 6.35. The SMILES string of the molecule is CCCCCCC(=O)N(CCCC/C=C\CCCCCCC(=O)O)C(C)C. The van der Waals surface area contributed by atoms with Crippen molar-refractivity contribution < 1.29 is 14.7 Å². The molecule has 0 aromatic heterocycles. The summed E-state index contributed by atoms with van der Waals surface area (Å²) in [5.74, 6) is -0.372. The van der Waals surface area contributed by atoms with E-state index in [0.29, 0.717) is 24.8 Å². The molecule has 0 rings (SSSR count). The van der Waals surface area contributed by atoms with E-state index < -0.39 is 5.97 Å². The lowest BCUT2D eigenvalue weighted by molar-refractivity contribution is -0.137. The van der Waals surface area contributed by atoms with Crippen molar-refractivity contribution >= 4 is 11.9 Å². The van der Waals surface area contributed by atoms with Crippen molar-refractivity contribution in [2.45, 2.75) is 117 Å². The van der Waals surface area contributed by atoms with E-state index in [0.717, 1.165) is 64.3 Å². The van der Waals surface area contributed by atoms with Gasteiger partial charge in [-0.15, -0.1) is 0 Å². The number of allylic oxidation sites excluding steroid dienone is 2. The standard InChI is InChI=1S/C23H43NO3/c1-4-5-6-15-18-22(25)24(21(2)3)20-17-14-12-10-8-7-9-11-13-16-19-23(26)27/h8,10,21H,4-7,9,11-20H2,1-3H3,(H,26,27)/b10-8-. The molecule has 0 heterocycles. The van der Waals surface area contributed by atoms with Crippen LogP contribution in [0.5, 0.6) is 0 Å². The van der Waals surface area contributed by atoms with Crippen molar-refractivity contribution in [1.29, 1.82) is 0 Å². The highest BCUT2D eigenvalue weighted by molar-refractivity contribution is 5.76. The van der Waals surface area contributed by atoms with Crippen molar-refractivity contribution in [2.24, 2.45) is 0 Å². The summed E-state index contributed by atoms with van der Waals surface area (Å²) in [5.41, 5.74) is 0. The van der Waals surface area contributed by atoms with Crippen LogP contribution in [0.3, 0.4) is 0 Å². The van der Waals surface area contributed by atoms with Gasteiger partial charge in [0.1, 0.15) is 0 Å². The van der Waals surface area contributed by atoms with Crippen molar-refractivity contribution in [3.05, 3.63) is 12.2 Å². The van der Waals surface area contributed by atoms with Gasteiger partial charge in [0.15, 0.2) is 0 Å². The Morgan fingerprint density at radius 3 is 1.96 bits per heavy atom. The normalized spacial score (nSPS) is 11.4. The van der Waals surface area contributed by atoms with Crippen LogP contribution in [0.4, 0.5) is 0 Å². The first-order valence-corrected chi connectivity index (χ1v) is 11.1. The third kappa shape index (κ3) is 16.6. The number of aliphatic carboxylic acids is 1. The van der Waals surface area contributed by atoms with E-state index in [2.05, 4.69) is 32.9 Å². The number of nitrogens with zero attached hydrogens (tertiary/aromatic N) is 1. The first-order valence-electron chi connectivity index (χ1n) is 11.1. The molecule has 0 aliphatic carbocycles. The molecule has 0 radical (unpaired) electrons. The summed E-state index contributed by atoms with van der Waals surface area (Å²) in [6.07, 6.45) is 18.5. The van der Waals surface area contributed by atoms with Gasteiger partial charge in [-0.1, -0.05) is 51.2 Å². The Labute approximate surface area is 167 Å². The summed E-state index contributed by atoms with van der Waals surface area (Å²) in [5, 5.41) is 8.58. The molecule has 158 valence electrons. The zero-order valence-corrected chi connectivity index (χ0v) is 18.0. The molecular weight excluding hydrogens is 338 g/mol. The summed E-state index contributed by atoms with van der Waals surface area (Å²) in [4.78, 5) is 24.8. The molecular formula is C23H43NO3. The van der Waals surface area contributed by atoms with Crippen LogP contribution in [0, 0.1) is 0 Å². The van der Waals surface area contributed by atoms with Gasteiger partial charge in [-0.05, 0) is 58.8 Å². The fraction of sp³-hybridized carbons (Fsp3) is 0.826. The molecule has 0 aromatic carbocycles. The maximum atomic E-state index is 12.4. The number of hydrogen-bond donors (Lipinski definition) is 1. The van der Waals surface area contributed by atoms with Gasteiger partial charge < -0.3 is 10.0 Å². The van der Waals surface area contributed by atoms with E-state index in [1.54, 1.807) is 0 Å². The fourth-order valence-electron chi connectivity index (χ4n) is 3.19. The van der Waals surface area contributed by atoms with Gasteiger partial charge in [0.25, 0.3) is 0 Å². The highest BCUT2D eigenvalue weighted by atomic mass is 16.4. The second kappa shape index (κ2) is 18.1. The smallest absolute Gasteiger partial charge is 0.303 e. The third-order valence-corrected chi connectivity index (χ3v) is 4.89. The molecule has 1 amide bonds. The zero-order chi connectivity index (χ0) is 20.3. The summed E-state index contributed by atoms with van der Waals surface area (Å²) in [6.45, 7) is 7.29. The average Bonchev–Trinajstić information content (AvgIpc) is 2.62. The minimum absolute atomic E-state index is 0.292. The largest absolute Gasteiger partial charge is 0.481 e. The molecule has 0 saturated carbocycles. The van der Waals surface area contributed by atoms with Crippen LogP contribution in [0.15, 0.2) is 12.2 Å². The van der Waals surface area contributed by atoms with Gasteiger partial charge >= 0.3 is 5.97 Å². The van der Waals surface area contributed by atoms with Gasteiger partial charge in [-0.2, -0.15) is 0 Å². The molecule has 0 aromatic rings. The van der Waals surface area contributed by atoms with Crippen molar-refractivity contribution in [3.63, 3.8) is 0 Å². The van der Waals surface area contributed by atoms with Crippen LogP contribution >= 0.6 is 0 Å². The molecule has 0 fully saturated rings. The average molecular weight is 382 g/mol. The third-order valence-electron chi connectivity index (χ3n) is 4.89. The van der Waals surface area contributed by atoms with Gasteiger partial charge in [0.2, 0.25) is 5.91 Å². The first kappa shape index (κ1) is 25.7. The number of rotatable bonds is 18. The first-order chi connectivity index (χ1) is 13.0. The maximum absolute atomic E-state index is 12.4. The second-order valence-corrected chi connectivity index (χ2v) is 7.81. The van der Waals surface area contributed by atoms with Crippen LogP contribution < -0.4 is 0 Å². The maximum Gasteiger partial charge on any atom is 0.303 e. The van der Waals surface area contributed by atoms with E-state index >= 15 is 0 Å². The van der Waals surface area contributed by atoms with Gasteiger partial charge in [0, 0.05) is 25.4 Å². The Morgan fingerprint density at radius 2 is 1.37 bits per heavy atom. The highest BCUT2D eigenvalue weighted by Gasteiger charge is 2.15. The Kier molecular flexibility index (Phi) is 17.2. The number of hydrogen-bond acceptors (Lipinski definition) is 2. The summed E-state index contributed by atoms with van der Waals surface area (Å²) >= 11 is 0. The van der Waals surface area contributed by atoms with Crippen LogP contribution in [0.25, 0.3) is 0 Å². The molecule has 4 nitrogen and oxygen atoms in total. The summed E-state index contributed by atoms with van der Waals surface area (Å²) in [6, 6.07) is 0.292. The van der Waals surface area contributed by atoms with Crippen molar-refractivity contribution in [3.8, 4) is 0 Å². The van der Waals surface area contributed by atoms with E-state index in [4.69, 9.17) is 5.11 Å². The lowest BCUT2D eigenvalue weighted by atomic mass is 10.1. The van der Waals surface area contributed by atoms with Crippen molar-refractivity contribution in [1.82, 2.24) is 4.90 Å². The Bertz CT molecular complexity index is 404. The second-order valence-electron chi connectivity index (χ2n) is 7.81. The molecule has 0 saturated heterocycles. The number of carboxylic acid groups (broad SMARTS) is 1. The molecule has 1 N–H and O–H groups in total. The summed E-state index contributed by atoms with van der Waals surface area (Å²) in [7, 11) is 0. The molecule has 27 heavy (non-hydrogen) atoms. The fourth-order valence-corrected chi connectivity index (χ4v) is 3.19. The van der Waals surface area contributed by atoms with Gasteiger partial charge in [-0.3, -0.25) is 9.59 Å². The van der Waals surface area contributed by atoms with E-state index in [1.807, 2.05) is 4.90 Å². The molecule has 0 aliphatic heterocycles. The molecule has 0 atom stereocenters. The minimum Gasteiger partial charge on any atom is -0.481 e. The van der Waals surface area contributed by atoms with Crippen LogP contribution in [0.2, 0.25) is 0 Å². The zero-order valence-electron chi connectivity index (χ0n) is 18.0. The van der Waals surface area contributed by atoms with Crippen molar-refractivity contribution in [2.75, 3.05) is 6.54 Å². The molecule has 0 aliphatic rings. The number of carbonyl (C=O) groups excluding carboxylic acids is 1. The molecule has 0 bridgehead atoms. The number of carbonyl (C=O) groups is 2. The summed E-state index contributed by atoms with van der Waals surface area (Å²) < 4.78 is 0. The van der Waals surface area contributed by atoms with Gasteiger partial charge in [0.05, 0.1) is 0 Å². The van der Waals surface area contributed by atoms with E-state index in [1.165, 1.54) is 19.3 Å². The Balaban J connectivity index is 3.70. The monoisotopic (exact) mass is 381 g/mol. The number of unbranched alkanes of at least 4 members (excludes halogenated alkanes) is 9. The van der Waals surface area contributed by atoms with Crippen LogP contribution in [-0.2, 0) is 9.59 Å². The van der Waals surface area contributed by atoms with E-state index in [9.17, 15) is 9.59 Å². The van der Waals surface area contributed by atoms with E-state index in [-0.39, 0.29) is 0 Å². The topological polar surface area (TPSA) is 57.6 Å². The Hall–Kier alpha value is -1.32. The lowest BCUT2D eigenvalue weighted by Gasteiger charge is -2.27. The van der Waals surface area contributed by atoms with Crippen LogP contribution in [-0.4, -0.2) is 34.5 Å². The highest BCUT2D eigenvalue weighted by Crippen LogP contribution is 2.11. The lowest BCUT2D eigenvalue weighted by Crippen LogP contribution is -2.37. The minimum atomic E-state index is -0.691. The number of carboxylic acids is 1. The molecule has 0 unspecified atom stereocenters. The quantitative estimate of drug-likeness (QED) is 0.222. The van der Waals surface area contributed by atoms with Crippen LogP contribution in [0.1, 0.15) is 111 Å². The number of amides is 1. The van der Waals surface area contributed by atoms with Gasteiger partial charge in [-0.25, -0.2) is 0 Å². The predicted molar refractivity (Wildman–Crippen MR) is 114 cm³/mol. The molecule has 4 heteroatoms. The Morgan fingerprint density at radius 1 is 0.815 bits per heavy atom.